The molecular formula is C11H20O11. The third kappa shape index (κ3) is 3.55. The molecule has 11 nitrogen and oxygen atoms in total. The Labute approximate surface area is 124 Å². The summed E-state index contributed by atoms with van der Waals surface area (Å²) in [6.45, 7) is -1.27. The van der Waals surface area contributed by atoms with Gasteiger partial charge in [-0.25, -0.2) is 0 Å². The molecule has 0 aliphatic carbocycles. The van der Waals surface area contributed by atoms with Crippen LogP contribution in [0.1, 0.15) is 0 Å². The molecular weight excluding hydrogens is 308 g/mol. The zero-order chi connectivity index (χ0) is 16.4. The first-order chi connectivity index (χ1) is 10.4. The second-order valence-electron chi connectivity index (χ2n) is 4.98. The van der Waals surface area contributed by atoms with Crippen molar-refractivity contribution in [3.05, 3.63) is 0 Å². The molecule has 0 aromatic heterocycles. The summed E-state index contributed by atoms with van der Waals surface area (Å²) >= 11 is 0. The van der Waals surface area contributed by atoms with Gasteiger partial charge in [0.2, 0.25) is 12.6 Å². The Balaban J connectivity index is 2.04. The lowest BCUT2D eigenvalue weighted by Gasteiger charge is -2.43. The molecule has 2 aliphatic rings. The molecule has 0 bridgehead atoms. The van der Waals surface area contributed by atoms with E-state index in [1.165, 1.54) is 0 Å². The number of hydrogen-bond donors (Lipinski definition) is 7. The van der Waals surface area contributed by atoms with Crippen molar-refractivity contribution < 1.29 is 54.7 Å². The van der Waals surface area contributed by atoms with Crippen LogP contribution in [0.5, 0.6) is 0 Å². The van der Waals surface area contributed by atoms with E-state index < -0.39 is 68.9 Å². The van der Waals surface area contributed by atoms with Crippen LogP contribution in [0.25, 0.3) is 0 Å². The maximum atomic E-state index is 9.82. The highest BCUT2D eigenvalue weighted by Crippen LogP contribution is 2.26. The van der Waals surface area contributed by atoms with Gasteiger partial charge in [0.15, 0.2) is 12.6 Å². The van der Waals surface area contributed by atoms with Gasteiger partial charge in [-0.2, -0.15) is 0 Å². The van der Waals surface area contributed by atoms with Crippen LogP contribution in [-0.2, 0) is 18.9 Å². The summed E-state index contributed by atoms with van der Waals surface area (Å²) in [5, 5.41) is 65.9. The van der Waals surface area contributed by atoms with Crippen LogP contribution in [-0.4, -0.2) is 105 Å². The van der Waals surface area contributed by atoms with Crippen LogP contribution in [0.4, 0.5) is 0 Å². The minimum atomic E-state index is -1.75. The Bertz CT molecular complexity index is 353. The van der Waals surface area contributed by atoms with Gasteiger partial charge >= 0.3 is 0 Å². The Morgan fingerprint density at radius 2 is 1.23 bits per heavy atom. The molecule has 0 amide bonds. The van der Waals surface area contributed by atoms with Crippen molar-refractivity contribution in [2.45, 2.75) is 55.7 Å². The first kappa shape index (κ1) is 17.9. The average Bonchev–Trinajstić information content (AvgIpc) is 2.51. The third-order valence-corrected chi connectivity index (χ3v) is 3.43. The molecule has 2 aliphatic heterocycles. The van der Waals surface area contributed by atoms with Crippen LogP contribution in [0.2, 0.25) is 0 Å². The number of aliphatic hydroxyl groups excluding tert-OH is 7. The van der Waals surface area contributed by atoms with Gasteiger partial charge in [0, 0.05) is 0 Å². The van der Waals surface area contributed by atoms with Gasteiger partial charge in [-0.05, 0) is 0 Å². The van der Waals surface area contributed by atoms with E-state index in [0.717, 1.165) is 0 Å². The van der Waals surface area contributed by atoms with Crippen molar-refractivity contribution in [2.24, 2.45) is 0 Å². The zero-order valence-corrected chi connectivity index (χ0v) is 11.4. The van der Waals surface area contributed by atoms with Gasteiger partial charge in [-0.15, -0.1) is 0 Å². The Morgan fingerprint density at radius 3 is 1.82 bits per heavy atom. The molecule has 0 aromatic rings. The number of hydrogen-bond acceptors (Lipinski definition) is 11. The lowest BCUT2D eigenvalue weighted by Crippen LogP contribution is -2.61. The third-order valence-electron chi connectivity index (χ3n) is 3.43. The maximum absolute atomic E-state index is 9.82. The van der Waals surface area contributed by atoms with Crippen molar-refractivity contribution in [2.75, 3.05) is 13.2 Å². The Kier molecular flexibility index (Phi) is 6.04. The second kappa shape index (κ2) is 7.42. The first-order valence-electron chi connectivity index (χ1n) is 6.63. The summed E-state index contributed by atoms with van der Waals surface area (Å²) in [4.78, 5) is 0. The van der Waals surface area contributed by atoms with Crippen molar-refractivity contribution in [1.82, 2.24) is 0 Å². The normalized spacial score (nSPS) is 50.0. The molecule has 0 saturated carbocycles. The molecule has 130 valence electrons. The van der Waals surface area contributed by atoms with E-state index in [0.29, 0.717) is 0 Å². The van der Waals surface area contributed by atoms with Gasteiger partial charge in [-0.3, -0.25) is 0 Å². The van der Waals surface area contributed by atoms with Crippen molar-refractivity contribution in [3.63, 3.8) is 0 Å². The second-order valence-corrected chi connectivity index (χ2v) is 4.98. The average molecular weight is 328 g/mol. The number of aliphatic hydroxyl groups is 7. The van der Waals surface area contributed by atoms with E-state index >= 15 is 0 Å². The minimum Gasteiger partial charge on any atom is -0.394 e. The molecule has 2 rings (SSSR count). The molecule has 22 heavy (non-hydrogen) atoms. The van der Waals surface area contributed by atoms with Crippen LogP contribution >= 0.6 is 0 Å². The fraction of sp³-hybridized carbons (Fsp3) is 1.00. The summed E-state index contributed by atoms with van der Waals surface area (Å²) in [5.74, 6) is 0. The highest BCUT2D eigenvalue weighted by Gasteiger charge is 2.47. The van der Waals surface area contributed by atoms with Crippen molar-refractivity contribution >= 4 is 0 Å². The predicted octanol–water partition coefficient (Wildman–Crippen LogP) is -4.83. The molecule has 0 spiro atoms. The summed E-state index contributed by atoms with van der Waals surface area (Å²) in [6, 6.07) is 0. The molecule has 7 N–H and O–H groups in total. The highest BCUT2D eigenvalue weighted by atomic mass is 16.8. The van der Waals surface area contributed by atoms with E-state index in [4.69, 9.17) is 29.2 Å². The summed E-state index contributed by atoms with van der Waals surface area (Å²) in [5.41, 5.74) is 0. The molecule has 11 heteroatoms. The molecule has 0 aromatic carbocycles. The van der Waals surface area contributed by atoms with Gasteiger partial charge < -0.3 is 54.7 Å². The number of ether oxygens (including phenoxy) is 4. The summed E-state index contributed by atoms with van der Waals surface area (Å²) < 4.78 is 20.0. The summed E-state index contributed by atoms with van der Waals surface area (Å²) in [6.07, 6.45) is -13.6. The largest absolute Gasteiger partial charge is 0.394 e. The topological polar surface area (TPSA) is 179 Å². The monoisotopic (exact) mass is 328 g/mol. The van der Waals surface area contributed by atoms with Crippen molar-refractivity contribution in [3.8, 4) is 0 Å². The standard InChI is InChI=1S/C11H20O11/c12-1-3-5(14)6(15)7(16)11(20-3)22-10-4(2-13)19-8(17)9(18)21-10/h3-18H,1-2H2/t3?,4?,5-,6?,7?,8+,9?,10+,11-/m0/s1. The zero-order valence-electron chi connectivity index (χ0n) is 11.4. The minimum absolute atomic E-state index is 0.633. The maximum Gasteiger partial charge on any atom is 0.209 e. The fourth-order valence-electron chi connectivity index (χ4n) is 2.16. The molecule has 2 saturated heterocycles. The van der Waals surface area contributed by atoms with E-state index in [1.54, 1.807) is 0 Å². The lowest BCUT2D eigenvalue weighted by molar-refractivity contribution is -0.421. The molecule has 5 unspecified atom stereocenters. The summed E-state index contributed by atoms with van der Waals surface area (Å²) in [7, 11) is 0. The Morgan fingerprint density at radius 1 is 0.636 bits per heavy atom. The lowest BCUT2D eigenvalue weighted by atomic mass is 9.99. The van der Waals surface area contributed by atoms with E-state index in [9.17, 15) is 25.5 Å². The van der Waals surface area contributed by atoms with E-state index in [1.807, 2.05) is 0 Å². The number of rotatable bonds is 4. The molecule has 2 heterocycles. The van der Waals surface area contributed by atoms with Gasteiger partial charge in [0.05, 0.1) is 13.2 Å². The quantitative estimate of drug-likeness (QED) is 0.263. The molecule has 9 atom stereocenters. The van der Waals surface area contributed by atoms with Gasteiger partial charge in [-0.1, -0.05) is 0 Å². The van der Waals surface area contributed by atoms with Crippen LogP contribution in [0.3, 0.4) is 0 Å². The van der Waals surface area contributed by atoms with Crippen LogP contribution in [0, 0.1) is 0 Å². The molecule has 2 fully saturated rings. The van der Waals surface area contributed by atoms with E-state index in [-0.39, 0.29) is 0 Å². The molecule has 0 radical (unpaired) electrons. The predicted molar refractivity (Wildman–Crippen MR) is 63.7 cm³/mol. The van der Waals surface area contributed by atoms with Gasteiger partial charge in [0.1, 0.15) is 30.5 Å². The highest BCUT2D eigenvalue weighted by molar-refractivity contribution is 4.89. The van der Waals surface area contributed by atoms with Crippen LogP contribution in [0.15, 0.2) is 0 Å². The van der Waals surface area contributed by atoms with E-state index in [2.05, 4.69) is 0 Å². The fourth-order valence-corrected chi connectivity index (χ4v) is 2.16. The SMILES string of the molecule is OCC1O[C@@H](O)C(O)O[C@@H]1O[C@@H]1OC(CO)[C@H](O)C(O)C1O. The van der Waals surface area contributed by atoms with Crippen LogP contribution < -0.4 is 0 Å². The van der Waals surface area contributed by atoms with Crippen molar-refractivity contribution in [1.29, 1.82) is 0 Å². The van der Waals surface area contributed by atoms with Gasteiger partial charge in [0.25, 0.3) is 0 Å². The Hall–Kier alpha value is -0.440. The first-order valence-corrected chi connectivity index (χ1v) is 6.63. The smallest absolute Gasteiger partial charge is 0.209 e.